The lowest BCUT2D eigenvalue weighted by Crippen LogP contribution is -2.56. The molecule has 4 fully saturated rings. The molecule has 292 valence electrons. The maximum atomic E-state index is 14.3. The molecule has 13 heteroatoms. The van der Waals surface area contributed by atoms with Gasteiger partial charge in [0.05, 0.1) is 42.0 Å². The summed E-state index contributed by atoms with van der Waals surface area (Å²) in [4.78, 5) is 28.0. The van der Waals surface area contributed by atoms with E-state index in [1.165, 1.54) is 13.8 Å². The Kier molecular flexibility index (Phi) is 9.05. The molecule has 3 atom stereocenters. The molecule has 3 saturated heterocycles. The van der Waals surface area contributed by atoms with Gasteiger partial charge in [0, 0.05) is 56.2 Å². The highest BCUT2D eigenvalue weighted by atomic mass is 19.4. The topological polar surface area (TPSA) is 109 Å². The second-order valence-corrected chi connectivity index (χ2v) is 16.7. The average Bonchev–Trinajstić information content (AvgIpc) is 3.48. The predicted octanol–water partition coefficient (Wildman–Crippen LogP) is 7.40. The molecule has 10 nitrogen and oxygen atoms in total. The van der Waals surface area contributed by atoms with Crippen LogP contribution < -0.4 is 20.3 Å². The van der Waals surface area contributed by atoms with Crippen molar-refractivity contribution in [3.8, 4) is 5.88 Å². The Morgan fingerprint density at radius 3 is 2.53 bits per heavy atom. The van der Waals surface area contributed by atoms with E-state index >= 15 is 0 Å². The number of carbonyl (C=O) groups excluding carboxylic acids is 1. The number of aromatic nitrogens is 2. The van der Waals surface area contributed by atoms with Crippen LogP contribution in [0.1, 0.15) is 79.9 Å². The summed E-state index contributed by atoms with van der Waals surface area (Å²) in [7, 11) is 0. The Morgan fingerprint density at radius 2 is 1.75 bits per heavy atom. The summed E-state index contributed by atoms with van der Waals surface area (Å²) < 4.78 is 61.2. The molecule has 2 aromatic heterocycles. The lowest BCUT2D eigenvalue weighted by atomic mass is 9.59. The van der Waals surface area contributed by atoms with Crippen LogP contribution in [-0.2, 0) is 14.9 Å². The number of benzene rings is 2. The molecule has 5 aliphatic rings. The number of carbonyl (C=O) groups is 1. The minimum absolute atomic E-state index is 0.0657. The van der Waals surface area contributed by atoms with Gasteiger partial charge in [-0.1, -0.05) is 24.3 Å². The van der Waals surface area contributed by atoms with Crippen molar-refractivity contribution in [3.05, 3.63) is 77.5 Å². The third-order valence-corrected chi connectivity index (χ3v) is 13.2. The van der Waals surface area contributed by atoms with Gasteiger partial charge in [-0.3, -0.25) is 9.69 Å². The van der Waals surface area contributed by atoms with Crippen LogP contribution in [0.3, 0.4) is 0 Å². The molecule has 2 aromatic carbocycles. The quantitative estimate of drug-likeness (QED) is 0.210. The van der Waals surface area contributed by atoms with Crippen molar-refractivity contribution in [3.63, 3.8) is 0 Å². The molecule has 0 radical (unpaired) electrons. The number of primary amides is 1. The van der Waals surface area contributed by atoms with Gasteiger partial charge in [0.15, 0.2) is 0 Å². The summed E-state index contributed by atoms with van der Waals surface area (Å²) >= 11 is 0. The summed E-state index contributed by atoms with van der Waals surface area (Å²) in [6, 6.07) is 17.1. The molecule has 3 N–H and O–H groups in total. The van der Waals surface area contributed by atoms with Gasteiger partial charge in [-0.05, 0) is 99.2 Å². The summed E-state index contributed by atoms with van der Waals surface area (Å²) in [6.07, 6.45) is 2.87. The molecule has 9 rings (SSSR count). The molecule has 55 heavy (non-hydrogen) atoms. The number of nitrogens with two attached hydrogens (primary N) is 1. The van der Waals surface area contributed by atoms with Crippen LogP contribution in [-0.4, -0.2) is 91.2 Å². The molecule has 1 saturated carbocycles. The van der Waals surface area contributed by atoms with E-state index in [9.17, 15) is 18.0 Å². The smallest absolute Gasteiger partial charge is 0.397 e. The van der Waals surface area contributed by atoms with E-state index in [4.69, 9.17) is 24.9 Å². The molecule has 4 aliphatic heterocycles. The lowest BCUT2D eigenvalue weighted by molar-refractivity contribution is -0.180. The molecule has 0 unspecified atom stereocenters. The Morgan fingerprint density at radius 1 is 0.964 bits per heavy atom. The van der Waals surface area contributed by atoms with Crippen molar-refractivity contribution in [1.29, 1.82) is 0 Å². The highest BCUT2D eigenvalue weighted by Crippen LogP contribution is 2.54. The zero-order chi connectivity index (χ0) is 38.1. The number of hydrogen-bond acceptors (Lipinski definition) is 8. The van der Waals surface area contributed by atoms with Crippen molar-refractivity contribution in [2.24, 2.45) is 11.1 Å². The number of hydrogen-bond donors (Lipinski definition) is 2. The Labute approximate surface area is 319 Å². The number of halogens is 3. The van der Waals surface area contributed by atoms with Crippen LogP contribution in [0, 0.1) is 5.41 Å². The van der Waals surface area contributed by atoms with E-state index in [0.29, 0.717) is 43.4 Å². The standard InChI is InChI=1S/C42H49F3N6O4/c1-40(2,42(43,44)45)31-7-4-3-6-29(31)35-24-53-18-5-15-50(35)28-22-41(23-28)12-16-49(17-13-41)27-8-9-30(37(46)52)33(21-27)51-32-11-19-54-25-36(32)55-39-34(51)20-26-10-14-47-38(26)48-39/h3-4,6-10,14,20-21,28,32,35-36H,5,11-13,15-19,22-25H2,1-2H3,(H2,46,52)(H,47,48)/t32-,35-,36-/m0/s1. The van der Waals surface area contributed by atoms with Crippen LogP contribution in [0.4, 0.5) is 30.2 Å². The molecule has 4 aromatic rings. The summed E-state index contributed by atoms with van der Waals surface area (Å²) in [5, 5.41) is 0.947. The van der Waals surface area contributed by atoms with Crippen LogP contribution in [0.25, 0.3) is 11.0 Å². The molecule has 1 amide bonds. The van der Waals surface area contributed by atoms with Crippen LogP contribution >= 0.6 is 0 Å². The van der Waals surface area contributed by atoms with E-state index < -0.39 is 17.5 Å². The Bertz CT molecular complexity index is 2070. The number of pyridine rings is 1. The molecule has 6 heterocycles. The first-order chi connectivity index (χ1) is 26.4. The summed E-state index contributed by atoms with van der Waals surface area (Å²) in [5.74, 6) is 0.00142. The van der Waals surface area contributed by atoms with E-state index in [2.05, 4.69) is 31.8 Å². The molecule has 1 aliphatic carbocycles. The van der Waals surface area contributed by atoms with Gasteiger partial charge in [-0.25, -0.2) is 0 Å². The van der Waals surface area contributed by atoms with E-state index in [1.807, 2.05) is 36.5 Å². The van der Waals surface area contributed by atoms with E-state index in [-0.39, 0.29) is 29.6 Å². The first-order valence-electron chi connectivity index (χ1n) is 19.6. The zero-order valence-electron chi connectivity index (χ0n) is 31.4. The summed E-state index contributed by atoms with van der Waals surface area (Å²) in [5.41, 5.74) is 9.05. The number of piperidine rings is 1. The van der Waals surface area contributed by atoms with Crippen molar-refractivity contribution < 1.29 is 32.2 Å². The van der Waals surface area contributed by atoms with Gasteiger partial charge in [-0.15, -0.1) is 0 Å². The number of rotatable bonds is 6. The number of nitrogens with one attached hydrogen (secondary N) is 1. The highest BCUT2D eigenvalue weighted by molar-refractivity contribution is 6.01. The van der Waals surface area contributed by atoms with Gasteiger partial charge in [-0.2, -0.15) is 18.2 Å². The normalized spacial score (nSPS) is 24.9. The minimum atomic E-state index is -4.37. The number of nitrogens with zero attached hydrogens (tertiary/aromatic N) is 4. The Balaban J connectivity index is 0.950. The maximum Gasteiger partial charge on any atom is 0.397 e. The number of aromatic amines is 1. The fourth-order valence-corrected chi connectivity index (χ4v) is 9.91. The van der Waals surface area contributed by atoms with Crippen molar-refractivity contribution in [2.45, 2.75) is 88.2 Å². The van der Waals surface area contributed by atoms with Crippen molar-refractivity contribution in [2.75, 3.05) is 55.9 Å². The number of fused-ring (bicyclic) bond motifs is 3. The van der Waals surface area contributed by atoms with Crippen LogP contribution in [0.2, 0.25) is 0 Å². The van der Waals surface area contributed by atoms with Gasteiger partial charge >= 0.3 is 6.18 Å². The number of amides is 1. The van der Waals surface area contributed by atoms with E-state index in [0.717, 1.165) is 91.8 Å². The van der Waals surface area contributed by atoms with Crippen LogP contribution in [0.15, 0.2) is 60.8 Å². The first-order valence-corrected chi connectivity index (χ1v) is 19.6. The number of H-pyrrole nitrogens is 1. The van der Waals surface area contributed by atoms with Crippen LogP contribution in [0.5, 0.6) is 5.88 Å². The maximum absolute atomic E-state index is 14.3. The fourth-order valence-electron chi connectivity index (χ4n) is 9.91. The number of ether oxygens (including phenoxy) is 3. The van der Waals surface area contributed by atoms with Gasteiger partial charge < -0.3 is 34.7 Å². The molecular weight excluding hydrogens is 709 g/mol. The first kappa shape index (κ1) is 36.3. The molecule has 1 spiro atoms. The second-order valence-electron chi connectivity index (χ2n) is 16.7. The zero-order valence-corrected chi connectivity index (χ0v) is 31.4. The number of alkyl halides is 3. The summed E-state index contributed by atoms with van der Waals surface area (Å²) in [6.45, 7) is 7.10. The highest BCUT2D eigenvalue weighted by Gasteiger charge is 2.52. The monoisotopic (exact) mass is 758 g/mol. The largest absolute Gasteiger partial charge is 0.468 e. The minimum Gasteiger partial charge on any atom is -0.468 e. The average molecular weight is 759 g/mol. The van der Waals surface area contributed by atoms with Crippen molar-refractivity contribution in [1.82, 2.24) is 14.9 Å². The fraction of sp³-hybridized carbons (Fsp3) is 0.524. The lowest BCUT2D eigenvalue weighted by Gasteiger charge is -2.57. The van der Waals surface area contributed by atoms with E-state index in [1.54, 1.807) is 12.1 Å². The SMILES string of the molecule is CC(C)(c1ccccc1[C@@H]1COCCCN1C1CC2(CCN(c3ccc(C(N)=O)c(N4c5cc6cc[nH]c6nc5O[C@H]5COCC[C@@H]54)c3)CC2)C1)C(F)(F)F. The Hall–Kier alpha value is -4.33. The molecule has 0 bridgehead atoms. The third kappa shape index (κ3) is 6.32. The predicted molar refractivity (Wildman–Crippen MR) is 204 cm³/mol. The van der Waals surface area contributed by atoms with Gasteiger partial charge in [0.1, 0.15) is 17.4 Å². The third-order valence-electron chi connectivity index (χ3n) is 13.2. The second kappa shape index (κ2) is 13.7. The van der Waals surface area contributed by atoms with Crippen molar-refractivity contribution >= 4 is 34.0 Å². The number of anilines is 3. The molecular formula is C42H49F3N6O4. The van der Waals surface area contributed by atoms with Gasteiger partial charge in [0.25, 0.3) is 5.91 Å². The van der Waals surface area contributed by atoms with Gasteiger partial charge in [0.2, 0.25) is 5.88 Å².